The van der Waals surface area contributed by atoms with Gasteiger partial charge in [0.25, 0.3) is 15.9 Å². The highest BCUT2D eigenvalue weighted by atomic mass is 32.2. The Balaban J connectivity index is 2.37. The smallest absolute Gasteiger partial charge is 0.263 e. The number of anilines is 1. The van der Waals surface area contributed by atoms with E-state index in [9.17, 15) is 13.2 Å². The number of nitrogens with one attached hydrogen (secondary N) is 1. The van der Waals surface area contributed by atoms with Crippen LogP contribution in [-0.4, -0.2) is 25.6 Å². The van der Waals surface area contributed by atoms with Crippen molar-refractivity contribution in [1.82, 2.24) is 5.32 Å². The molecule has 0 bridgehead atoms. The SMILES string of the molecule is CCNC(C)c1cccc(N2C(=O)C(C)(C)S2(=O)=O)c1. The fourth-order valence-electron chi connectivity index (χ4n) is 2.25. The summed E-state index contributed by atoms with van der Waals surface area (Å²) >= 11 is 0. The van der Waals surface area contributed by atoms with Crippen LogP contribution in [0.1, 0.15) is 39.3 Å². The molecule has 110 valence electrons. The number of carbonyl (C=O) groups is 1. The van der Waals surface area contributed by atoms with Crippen molar-refractivity contribution in [2.24, 2.45) is 0 Å². The van der Waals surface area contributed by atoms with Crippen LogP contribution < -0.4 is 9.62 Å². The van der Waals surface area contributed by atoms with E-state index in [4.69, 9.17) is 0 Å². The summed E-state index contributed by atoms with van der Waals surface area (Å²) in [4.78, 5) is 12.0. The van der Waals surface area contributed by atoms with E-state index in [0.29, 0.717) is 5.69 Å². The van der Waals surface area contributed by atoms with Gasteiger partial charge in [0.2, 0.25) is 0 Å². The van der Waals surface area contributed by atoms with Crippen LogP contribution in [0.5, 0.6) is 0 Å². The third kappa shape index (κ3) is 2.03. The summed E-state index contributed by atoms with van der Waals surface area (Å²) in [5.41, 5.74) is 1.37. The van der Waals surface area contributed by atoms with Gasteiger partial charge in [-0.05, 0) is 45.0 Å². The molecule has 5 nitrogen and oxygen atoms in total. The van der Waals surface area contributed by atoms with Crippen molar-refractivity contribution in [3.8, 4) is 0 Å². The Morgan fingerprint density at radius 1 is 1.35 bits per heavy atom. The van der Waals surface area contributed by atoms with Gasteiger partial charge < -0.3 is 5.32 Å². The van der Waals surface area contributed by atoms with Gasteiger partial charge in [0.15, 0.2) is 4.75 Å². The molecule has 1 atom stereocenters. The van der Waals surface area contributed by atoms with Gasteiger partial charge in [0.05, 0.1) is 5.69 Å². The van der Waals surface area contributed by atoms with Gasteiger partial charge in [-0.1, -0.05) is 19.1 Å². The van der Waals surface area contributed by atoms with Crippen molar-refractivity contribution in [3.05, 3.63) is 29.8 Å². The molecule has 1 unspecified atom stereocenters. The lowest BCUT2D eigenvalue weighted by atomic mass is 10.1. The van der Waals surface area contributed by atoms with E-state index in [-0.39, 0.29) is 11.9 Å². The van der Waals surface area contributed by atoms with Gasteiger partial charge in [0.1, 0.15) is 0 Å². The molecule has 0 spiro atoms. The first-order valence-electron chi connectivity index (χ1n) is 6.66. The van der Waals surface area contributed by atoms with Gasteiger partial charge in [-0.15, -0.1) is 0 Å². The molecule has 1 heterocycles. The summed E-state index contributed by atoms with van der Waals surface area (Å²) in [6.45, 7) is 7.70. The molecule has 1 fully saturated rings. The molecule has 1 saturated heterocycles. The van der Waals surface area contributed by atoms with E-state index in [2.05, 4.69) is 5.32 Å². The fraction of sp³-hybridized carbons (Fsp3) is 0.500. The van der Waals surface area contributed by atoms with Crippen LogP contribution in [-0.2, 0) is 14.8 Å². The summed E-state index contributed by atoms with van der Waals surface area (Å²) in [7, 11) is -3.59. The molecular formula is C14H20N2O3S. The normalized spacial score (nSPS) is 21.4. The second-order valence-corrected chi connectivity index (χ2v) is 7.80. The third-order valence-electron chi connectivity index (χ3n) is 3.70. The van der Waals surface area contributed by atoms with Crippen molar-refractivity contribution in [2.45, 2.75) is 38.5 Å². The molecule has 2 rings (SSSR count). The van der Waals surface area contributed by atoms with E-state index in [1.807, 2.05) is 19.9 Å². The van der Waals surface area contributed by atoms with Crippen LogP contribution >= 0.6 is 0 Å². The van der Waals surface area contributed by atoms with Crippen molar-refractivity contribution >= 4 is 21.6 Å². The Kier molecular flexibility index (Phi) is 3.64. The first kappa shape index (κ1) is 15.0. The predicted molar refractivity (Wildman–Crippen MR) is 79.0 cm³/mol. The minimum atomic E-state index is -3.59. The molecule has 1 amide bonds. The summed E-state index contributed by atoms with van der Waals surface area (Å²) in [6, 6.07) is 7.18. The molecule has 0 radical (unpaired) electrons. The second-order valence-electron chi connectivity index (χ2n) is 5.46. The maximum absolute atomic E-state index is 12.2. The van der Waals surface area contributed by atoms with E-state index >= 15 is 0 Å². The maximum atomic E-state index is 12.2. The van der Waals surface area contributed by atoms with Crippen LogP contribution in [0, 0.1) is 0 Å². The third-order valence-corrected chi connectivity index (χ3v) is 6.02. The van der Waals surface area contributed by atoms with Gasteiger partial charge >= 0.3 is 0 Å². The standard InChI is InChI=1S/C14H20N2O3S/c1-5-15-10(2)11-7-6-8-12(9-11)16-13(17)14(3,4)20(16,18)19/h6-10,15H,5H2,1-4H3. The van der Waals surface area contributed by atoms with Crippen LogP contribution in [0.15, 0.2) is 24.3 Å². The highest BCUT2D eigenvalue weighted by Gasteiger charge is 2.60. The number of amides is 1. The van der Waals surface area contributed by atoms with Crippen molar-refractivity contribution in [1.29, 1.82) is 0 Å². The van der Waals surface area contributed by atoms with Crippen LogP contribution in [0.3, 0.4) is 0 Å². The van der Waals surface area contributed by atoms with Gasteiger partial charge in [0, 0.05) is 6.04 Å². The average Bonchev–Trinajstić information content (AvgIpc) is 2.39. The lowest BCUT2D eigenvalue weighted by Crippen LogP contribution is -2.67. The number of hydrogen-bond donors (Lipinski definition) is 1. The molecule has 0 aliphatic carbocycles. The first-order chi connectivity index (χ1) is 9.23. The number of rotatable bonds is 4. The van der Waals surface area contributed by atoms with E-state index in [1.165, 1.54) is 13.8 Å². The number of sulfonamides is 1. The average molecular weight is 296 g/mol. The molecular weight excluding hydrogens is 276 g/mol. The number of benzene rings is 1. The monoisotopic (exact) mass is 296 g/mol. The van der Waals surface area contributed by atoms with Crippen molar-refractivity contribution < 1.29 is 13.2 Å². The minimum absolute atomic E-state index is 0.104. The number of nitrogens with zero attached hydrogens (tertiary/aromatic N) is 1. The van der Waals surface area contributed by atoms with Crippen LogP contribution in [0.4, 0.5) is 5.69 Å². The number of carbonyl (C=O) groups excluding carboxylic acids is 1. The summed E-state index contributed by atoms with van der Waals surface area (Å²) in [5, 5.41) is 3.26. The Hall–Kier alpha value is -1.40. The molecule has 1 aliphatic heterocycles. The Bertz CT molecular complexity index is 638. The lowest BCUT2D eigenvalue weighted by molar-refractivity contribution is -0.120. The van der Waals surface area contributed by atoms with Gasteiger partial charge in [-0.3, -0.25) is 4.79 Å². The van der Waals surface area contributed by atoms with Crippen molar-refractivity contribution in [3.63, 3.8) is 0 Å². The number of hydrogen-bond acceptors (Lipinski definition) is 4. The largest absolute Gasteiger partial charge is 0.310 e. The van der Waals surface area contributed by atoms with Crippen LogP contribution in [0.2, 0.25) is 0 Å². The summed E-state index contributed by atoms with van der Waals surface area (Å²) in [5.74, 6) is -0.384. The molecule has 1 aliphatic rings. The van der Waals surface area contributed by atoms with Crippen LogP contribution in [0.25, 0.3) is 0 Å². The highest BCUT2D eigenvalue weighted by Crippen LogP contribution is 2.39. The highest BCUT2D eigenvalue weighted by molar-refractivity contribution is 7.98. The topological polar surface area (TPSA) is 66.5 Å². The molecule has 6 heteroatoms. The molecule has 1 aromatic rings. The van der Waals surface area contributed by atoms with Gasteiger partial charge in [-0.2, -0.15) is 0 Å². The molecule has 0 saturated carbocycles. The lowest BCUT2D eigenvalue weighted by Gasteiger charge is -2.43. The van der Waals surface area contributed by atoms with E-state index in [0.717, 1.165) is 16.4 Å². The molecule has 1 N–H and O–H groups in total. The molecule has 1 aromatic carbocycles. The second kappa shape index (κ2) is 4.86. The van der Waals surface area contributed by atoms with E-state index < -0.39 is 14.8 Å². The van der Waals surface area contributed by atoms with Gasteiger partial charge in [-0.25, -0.2) is 12.7 Å². The Morgan fingerprint density at radius 3 is 2.55 bits per heavy atom. The molecule has 0 aromatic heterocycles. The summed E-state index contributed by atoms with van der Waals surface area (Å²) < 4.78 is 23.9. The predicted octanol–water partition coefficient (Wildman–Crippen LogP) is 1.81. The molecule has 20 heavy (non-hydrogen) atoms. The zero-order valence-electron chi connectivity index (χ0n) is 12.2. The summed E-state index contributed by atoms with van der Waals surface area (Å²) in [6.07, 6.45) is 0. The van der Waals surface area contributed by atoms with Crippen molar-refractivity contribution in [2.75, 3.05) is 10.8 Å². The Labute approximate surface area is 120 Å². The maximum Gasteiger partial charge on any atom is 0.263 e. The van der Waals surface area contributed by atoms with E-state index in [1.54, 1.807) is 18.2 Å². The first-order valence-corrected chi connectivity index (χ1v) is 8.10. The fourth-order valence-corrected chi connectivity index (χ4v) is 3.73. The Morgan fingerprint density at radius 2 is 2.00 bits per heavy atom. The zero-order valence-corrected chi connectivity index (χ0v) is 13.0. The quantitative estimate of drug-likeness (QED) is 0.920. The minimum Gasteiger partial charge on any atom is -0.310 e. The zero-order chi connectivity index (χ0) is 15.1.